The first kappa shape index (κ1) is 20.7. The third-order valence-corrected chi connectivity index (χ3v) is 4.97. The van der Waals surface area contributed by atoms with Crippen LogP contribution in [0.25, 0.3) is 0 Å². The van der Waals surface area contributed by atoms with Gasteiger partial charge in [0.05, 0.1) is 6.61 Å². The van der Waals surface area contributed by atoms with Crippen molar-refractivity contribution < 1.29 is 9.53 Å². The van der Waals surface area contributed by atoms with E-state index < -0.39 is 0 Å². The van der Waals surface area contributed by atoms with Gasteiger partial charge in [-0.1, -0.05) is 30.3 Å². The molecule has 1 heterocycles. The van der Waals surface area contributed by atoms with E-state index in [1.807, 2.05) is 35.2 Å². The third kappa shape index (κ3) is 5.98. The zero-order chi connectivity index (χ0) is 20.5. The summed E-state index contributed by atoms with van der Waals surface area (Å²) in [6, 6.07) is 16.2. The van der Waals surface area contributed by atoms with Gasteiger partial charge in [0.25, 0.3) is 0 Å². The molecule has 29 heavy (non-hydrogen) atoms. The number of aryl methyl sites for hydroxylation is 1. The fourth-order valence-corrected chi connectivity index (χ4v) is 3.30. The van der Waals surface area contributed by atoms with E-state index in [-0.39, 0.29) is 5.91 Å². The Labute approximate surface area is 173 Å². The number of amides is 1. The van der Waals surface area contributed by atoms with Gasteiger partial charge in [0.2, 0.25) is 5.91 Å². The van der Waals surface area contributed by atoms with Crippen molar-refractivity contribution in [2.45, 2.75) is 32.7 Å². The number of hydrogen-bond donors (Lipinski definition) is 2. The van der Waals surface area contributed by atoms with E-state index in [4.69, 9.17) is 4.74 Å². The molecule has 0 radical (unpaired) electrons. The second-order valence-electron chi connectivity index (χ2n) is 7.14. The van der Waals surface area contributed by atoms with Gasteiger partial charge in [-0.15, -0.1) is 0 Å². The van der Waals surface area contributed by atoms with E-state index in [2.05, 4.69) is 40.7 Å². The number of hydrogen-bond acceptors (Lipinski definition) is 3. The summed E-state index contributed by atoms with van der Waals surface area (Å²) < 4.78 is 5.81. The molecule has 3 rings (SSSR count). The number of aliphatic imine (C=N–C) groups is 1. The highest BCUT2D eigenvalue weighted by atomic mass is 16.5. The normalized spacial score (nSPS) is 14.2. The van der Waals surface area contributed by atoms with Gasteiger partial charge in [0, 0.05) is 38.8 Å². The van der Waals surface area contributed by atoms with Crippen LogP contribution in [0.3, 0.4) is 0 Å². The van der Waals surface area contributed by atoms with Crippen molar-refractivity contribution in [3.63, 3.8) is 0 Å². The van der Waals surface area contributed by atoms with Crippen LogP contribution in [-0.4, -0.2) is 38.6 Å². The van der Waals surface area contributed by atoms with E-state index in [9.17, 15) is 4.79 Å². The van der Waals surface area contributed by atoms with Crippen LogP contribution in [0.5, 0.6) is 5.75 Å². The first-order valence-electron chi connectivity index (χ1n) is 10.2. The lowest BCUT2D eigenvalue weighted by molar-refractivity contribution is -0.117. The second kappa shape index (κ2) is 10.5. The number of para-hydroxylation sites is 1. The largest absolute Gasteiger partial charge is 0.493 e. The lowest BCUT2D eigenvalue weighted by atomic mass is 10.2. The maximum Gasteiger partial charge on any atom is 0.227 e. The van der Waals surface area contributed by atoms with Gasteiger partial charge in [-0.3, -0.25) is 9.79 Å². The Morgan fingerprint density at radius 2 is 1.93 bits per heavy atom. The molecule has 0 aromatic heterocycles. The highest BCUT2D eigenvalue weighted by Crippen LogP contribution is 2.21. The molecular formula is C23H30N4O2. The van der Waals surface area contributed by atoms with Gasteiger partial charge in [0.1, 0.15) is 5.75 Å². The van der Waals surface area contributed by atoms with Crippen LogP contribution in [0.4, 0.5) is 5.69 Å². The number of guanidine groups is 1. The van der Waals surface area contributed by atoms with Crippen molar-refractivity contribution in [1.29, 1.82) is 0 Å². The number of benzene rings is 2. The van der Waals surface area contributed by atoms with Crippen molar-refractivity contribution >= 4 is 17.6 Å². The van der Waals surface area contributed by atoms with Crippen LogP contribution in [0.2, 0.25) is 0 Å². The molecule has 154 valence electrons. The summed E-state index contributed by atoms with van der Waals surface area (Å²) in [6.45, 7) is 4.98. The number of nitrogens with one attached hydrogen (secondary N) is 2. The number of carbonyl (C=O) groups excluding carboxylic acids is 1. The number of rotatable bonds is 8. The lowest BCUT2D eigenvalue weighted by Gasteiger charge is -2.16. The lowest BCUT2D eigenvalue weighted by Crippen LogP contribution is -2.37. The minimum absolute atomic E-state index is 0.215. The van der Waals surface area contributed by atoms with E-state index in [1.54, 1.807) is 7.05 Å². The summed E-state index contributed by atoms with van der Waals surface area (Å²) in [5, 5.41) is 6.63. The molecule has 0 saturated carbocycles. The summed E-state index contributed by atoms with van der Waals surface area (Å²) in [5.74, 6) is 1.92. The predicted octanol–water partition coefficient (Wildman–Crippen LogP) is 3.26. The van der Waals surface area contributed by atoms with Crippen molar-refractivity contribution in [2.75, 3.05) is 31.6 Å². The van der Waals surface area contributed by atoms with Gasteiger partial charge < -0.3 is 20.3 Å². The van der Waals surface area contributed by atoms with Crippen molar-refractivity contribution in [2.24, 2.45) is 4.99 Å². The van der Waals surface area contributed by atoms with Gasteiger partial charge in [-0.05, 0) is 49.1 Å². The van der Waals surface area contributed by atoms with Crippen LogP contribution in [0.15, 0.2) is 53.5 Å². The van der Waals surface area contributed by atoms with Crippen LogP contribution in [-0.2, 0) is 11.3 Å². The average molecular weight is 395 g/mol. The summed E-state index contributed by atoms with van der Waals surface area (Å²) >= 11 is 0. The Balaban J connectivity index is 1.37. The fourth-order valence-electron chi connectivity index (χ4n) is 3.30. The van der Waals surface area contributed by atoms with Crippen LogP contribution < -0.4 is 20.3 Å². The van der Waals surface area contributed by atoms with Gasteiger partial charge in [-0.2, -0.15) is 0 Å². The first-order valence-corrected chi connectivity index (χ1v) is 10.2. The maximum absolute atomic E-state index is 11.8. The summed E-state index contributed by atoms with van der Waals surface area (Å²) in [6.07, 6.45) is 2.48. The minimum Gasteiger partial charge on any atom is -0.493 e. The Morgan fingerprint density at radius 3 is 2.62 bits per heavy atom. The van der Waals surface area contributed by atoms with E-state index >= 15 is 0 Å². The zero-order valence-electron chi connectivity index (χ0n) is 17.3. The predicted molar refractivity (Wildman–Crippen MR) is 118 cm³/mol. The molecular weight excluding hydrogens is 364 g/mol. The van der Waals surface area contributed by atoms with E-state index in [1.165, 1.54) is 0 Å². The van der Waals surface area contributed by atoms with E-state index in [0.29, 0.717) is 19.6 Å². The third-order valence-electron chi connectivity index (χ3n) is 4.97. The number of carbonyl (C=O) groups is 1. The quantitative estimate of drug-likeness (QED) is 0.410. The monoisotopic (exact) mass is 394 g/mol. The number of nitrogens with zero attached hydrogens (tertiary/aromatic N) is 2. The molecule has 0 aliphatic carbocycles. The highest BCUT2D eigenvalue weighted by molar-refractivity contribution is 5.95. The maximum atomic E-state index is 11.8. The molecule has 1 aliphatic heterocycles. The number of anilines is 1. The minimum atomic E-state index is 0.215. The van der Waals surface area contributed by atoms with Gasteiger partial charge in [-0.25, -0.2) is 0 Å². The van der Waals surface area contributed by atoms with Crippen LogP contribution in [0, 0.1) is 6.92 Å². The molecule has 1 saturated heterocycles. The summed E-state index contributed by atoms with van der Waals surface area (Å²) in [4.78, 5) is 18.0. The molecule has 0 unspecified atom stereocenters. The topological polar surface area (TPSA) is 66.0 Å². The molecule has 2 aromatic rings. The van der Waals surface area contributed by atoms with Crippen LogP contribution in [0.1, 0.15) is 30.4 Å². The highest BCUT2D eigenvalue weighted by Gasteiger charge is 2.21. The Kier molecular flexibility index (Phi) is 7.50. The zero-order valence-corrected chi connectivity index (χ0v) is 17.3. The molecule has 0 spiro atoms. The van der Waals surface area contributed by atoms with Crippen LogP contribution >= 0.6 is 0 Å². The molecule has 2 aromatic carbocycles. The smallest absolute Gasteiger partial charge is 0.227 e. The van der Waals surface area contributed by atoms with Crippen molar-refractivity contribution in [3.8, 4) is 5.75 Å². The molecule has 6 heteroatoms. The summed E-state index contributed by atoms with van der Waals surface area (Å²) in [7, 11) is 1.77. The average Bonchev–Trinajstić information content (AvgIpc) is 3.17. The second-order valence-corrected chi connectivity index (χ2v) is 7.14. The molecule has 0 bridgehead atoms. The van der Waals surface area contributed by atoms with Crippen molar-refractivity contribution in [3.05, 3.63) is 59.7 Å². The SMILES string of the molecule is CN=C(NCCCOc1ccccc1C)NCc1ccc(N2CCCC2=O)cc1. The van der Waals surface area contributed by atoms with Gasteiger partial charge >= 0.3 is 0 Å². The molecule has 1 fully saturated rings. The molecule has 1 amide bonds. The molecule has 1 aliphatic rings. The standard InChI is InChI=1S/C23H30N4O2/c1-18-7-3-4-8-21(18)29-16-6-14-25-23(24-2)26-17-19-10-12-20(13-11-19)27-15-5-9-22(27)28/h3-4,7-8,10-13H,5-6,9,14-17H2,1-2H3,(H2,24,25,26). The Hall–Kier alpha value is -3.02. The fraction of sp³-hybridized carbons (Fsp3) is 0.391. The Bertz CT molecular complexity index is 833. The van der Waals surface area contributed by atoms with Gasteiger partial charge in [0.15, 0.2) is 5.96 Å². The van der Waals surface area contributed by atoms with Crippen molar-refractivity contribution in [1.82, 2.24) is 10.6 Å². The Morgan fingerprint density at radius 1 is 1.14 bits per heavy atom. The first-order chi connectivity index (χ1) is 14.2. The summed E-state index contributed by atoms with van der Waals surface area (Å²) in [5.41, 5.74) is 3.27. The number of ether oxygens (including phenoxy) is 1. The van der Waals surface area contributed by atoms with E-state index in [0.717, 1.165) is 54.5 Å². The molecule has 2 N–H and O–H groups in total. The molecule has 0 atom stereocenters. The molecule has 6 nitrogen and oxygen atoms in total.